The fourth-order valence-corrected chi connectivity index (χ4v) is 3.13. The van der Waals surface area contributed by atoms with Crippen LogP contribution in [0.2, 0.25) is 5.02 Å². The highest BCUT2D eigenvalue weighted by Gasteiger charge is 2.14. The Morgan fingerprint density at radius 2 is 1.81 bits per heavy atom. The number of carbonyl (C=O) groups is 1. The van der Waals surface area contributed by atoms with E-state index in [1.54, 1.807) is 36.4 Å². The zero-order chi connectivity index (χ0) is 19.1. The van der Waals surface area contributed by atoms with Gasteiger partial charge in [0, 0.05) is 36.0 Å². The van der Waals surface area contributed by atoms with Gasteiger partial charge in [-0.15, -0.1) is 0 Å². The van der Waals surface area contributed by atoms with E-state index in [1.807, 2.05) is 12.1 Å². The third kappa shape index (κ3) is 6.22. The van der Waals surface area contributed by atoms with E-state index in [0.29, 0.717) is 22.8 Å². The summed E-state index contributed by atoms with van der Waals surface area (Å²) in [6, 6.07) is 13.8. The molecular formula is C20H24ClN3O3. The first-order chi connectivity index (χ1) is 13.1. The van der Waals surface area contributed by atoms with Gasteiger partial charge in [0.25, 0.3) is 0 Å². The molecule has 2 aromatic carbocycles. The number of rotatable bonds is 6. The summed E-state index contributed by atoms with van der Waals surface area (Å²) in [5.41, 5.74) is 2.11. The van der Waals surface area contributed by atoms with Crippen LogP contribution in [0.4, 0.5) is 16.2 Å². The molecule has 3 N–H and O–H groups in total. The summed E-state index contributed by atoms with van der Waals surface area (Å²) in [4.78, 5) is 14.4. The Kier molecular flexibility index (Phi) is 7.06. The van der Waals surface area contributed by atoms with Crippen molar-refractivity contribution in [2.45, 2.75) is 12.5 Å². The largest absolute Gasteiger partial charge is 0.388 e. The van der Waals surface area contributed by atoms with E-state index < -0.39 is 6.10 Å². The fourth-order valence-electron chi connectivity index (χ4n) is 2.94. The molecule has 0 saturated carbocycles. The lowest BCUT2D eigenvalue weighted by molar-refractivity contribution is 0.0300. The zero-order valence-corrected chi connectivity index (χ0v) is 15.8. The second kappa shape index (κ2) is 9.71. The molecule has 1 heterocycles. The van der Waals surface area contributed by atoms with Gasteiger partial charge in [-0.1, -0.05) is 29.8 Å². The molecule has 2 amide bonds. The number of hydrogen-bond acceptors (Lipinski definition) is 4. The van der Waals surface area contributed by atoms with Crippen molar-refractivity contribution >= 4 is 29.0 Å². The summed E-state index contributed by atoms with van der Waals surface area (Å²) in [6.45, 7) is 4.18. The minimum Gasteiger partial charge on any atom is -0.388 e. The second-order valence-corrected chi connectivity index (χ2v) is 6.91. The summed E-state index contributed by atoms with van der Waals surface area (Å²) in [7, 11) is 0. The average molecular weight is 390 g/mol. The Hall–Kier alpha value is -2.12. The summed E-state index contributed by atoms with van der Waals surface area (Å²) < 4.78 is 5.33. The molecule has 0 spiro atoms. The van der Waals surface area contributed by atoms with Crippen LogP contribution < -0.4 is 10.6 Å². The summed E-state index contributed by atoms with van der Waals surface area (Å²) in [6.07, 6.45) is 0.143. The molecule has 1 atom stereocenters. The number of aliphatic hydroxyl groups excluding tert-OH is 1. The predicted octanol–water partition coefficient (Wildman–Crippen LogP) is 3.74. The first-order valence-corrected chi connectivity index (χ1v) is 9.39. The highest BCUT2D eigenvalue weighted by atomic mass is 35.5. The van der Waals surface area contributed by atoms with Crippen LogP contribution in [0.15, 0.2) is 48.5 Å². The molecule has 6 nitrogen and oxygen atoms in total. The van der Waals surface area contributed by atoms with Crippen molar-refractivity contribution in [2.75, 3.05) is 43.5 Å². The summed E-state index contributed by atoms with van der Waals surface area (Å²) in [5, 5.41) is 16.4. The first kappa shape index (κ1) is 19.6. The minimum absolute atomic E-state index is 0.349. The van der Waals surface area contributed by atoms with Crippen LogP contribution in [0, 0.1) is 0 Å². The highest BCUT2D eigenvalue weighted by molar-refractivity contribution is 6.30. The van der Waals surface area contributed by atoms with Crippen LogP contribution in [0.3, 0.4) is 0 Å². The molecule has 3 rings (SSSR count). The van der Waals surface area contributed by atoms with Crippen LogP contribution in [0.5, 0.6) is 0 Å². The van der Waals surface area contributed by atoms with Gasteiger partial charge >= 0.3 is 6.03 Å². The number of halogens is 1. The molecule has 0 aromatic heterocycles. The van der Waals surface area contributed by atoms with Crippen molar-refractivity contribution < 1.29 is 14.6 Å². The van der Waals surface area contributed by atoms with Gasteiger partial charge in [-0.25, -0.2) is 4.79 Å². The Morgan fingerprint density at radius 1 is 1.11 bits per heavy atom. The van der Waals surface area contributed by atoms with Gasteiger partial charge in [0.15, 0.2) is 0 Å². The van der Waals surface area contributed by atoms with Crippen LogP contribution in [0.1, 0.15) is 18.1 Å². The number of carbonyl (C=O) groups excluding carboxylic acids is 1. The second-order valence-electron chi connectivity index (χ2n) is 6.47. The van der Waals surface area contributed by atoms with Gasteiger partial charge < -0.3 is 20.5 Å². The monoisotopic (exact) mass is 389 g/mol. The number of anilines is 2. The van der Waals surface area contributed by atoms with E-state index in [1.165, 1.54) is 0 Å². The Morgan fingerprint density at radius 3 is 2.52 bits per heavy atom. The van der Waals surface area contributed by atoms with E-state index in [2.05, 4.69) is 15.5 Å². The Bertz CT molecular complexity index is 748. The average Bonchev–Trinajstić information content (AvgIpc) is 2.67. The number of benzene rings is 2. The number of aliphatic hydroxyl groups is 1. The topological polar surface area (TPSA) is 73.8 Å². The van der Waals surface area contributed by atoms with Crippen molar-refractivity contribution in [2.24, 2.45) is 0 Å². The number of nitrogens with zero attached hydrogens (tertiary/aromatic N) is 1. The lowest BCUT2D eigenvalue weighted by Crippen LogP contribution is -2.37. The maximum Gasteiger partial charge on any atom is 0.323 e. The third-order valence-electron chi connectivity index (χ3n) is 4.46. The SMILES string of the molecule is O=C(Nc1ccc(C(O)CCN2CCOCC2)cc1)Nc1cccc(Cl)c1. The van der Waals surface area contributed by atoms with Crippen molar-refractivity contribution in [3.05, 3.63) is 59.1 Å². The van der Waals surface area contributed by atoms with Crippen molar-refractivity contribution in [3.8, 4) is 0 Å². The van der Waals surface area contributed by atoms with E-state index in [9.17, 15) is 9.90 Å². The summed E-state index contributed by atoms with van der Waals surface area (Å²) >= 11 is 5.91. The van der Waals surface area contributed by atoms with Crippen LogP contribution in [-0.4, -0.2) is 48.9 Å². The molecular weight excluding hydrogens is 366 g/mol. The van der Waals surface area contributed by atoms with E-state index >= 15 is 0 Å². The van der Waals surface area contributed by atoms with E-state index in [4.69, 9.17) is 16.3 Å². The molecule has 1 unspecified atom stereocenters. The number of urea groups is 1. The lowest BCUT2D eigenvalue weighted by Gasteiger charge is -2.27. The van der Waals surface area contributed by atoms with Crippen molar-refractivity contribution in [1.82, 2.24) is 4.90 Å². The molecule has 0 radical (unpaired) electrons. The molecule has 2 aromatic rings. The Balaban J connectivity index is 1.48. The number of amides is 2. The van der Waals surface area contributed by atoms with Crippen LogP contribution in [0.25, 0.3) is 0 Å². The lowest BCUT2D eigenvalue weighted by atomic mass is 10.1. The molecule has 144 valence electrons. The standard InChI is InChI=1S/C20H24ClN3O3/c21-16-2-1-3-18(14-16)23-20(26)22-17-6-4-15(5-7-17)19(25)8-9-24-10-12-27-13-11-24/h1-7,14,19,25H,8-13H2,(H2,22,23,26). The number of morpholine rings is 1. The Labute approximate surface area is 164 Å². The van der Waals surface area contributed by atoms with Crippen molar-refractivity contribution in [1.29, 1.82) is 0 Å². The van der Waals surface area contributed by atoms with Gasteiger partial charge in [0.05, 0.1) is 19.3 Å². The van der Waals surface area contributed by atoms with Crippen molar-refractivity contribution in [3.63, 3.8) is 0 Å². The zero-order valence-electron chi connectivity index (χ0n) is 15.0. The number of ether oxygens (including phenoxy) is 1. The number of hydrogen-bond donors (Lipinski definition) is 3. The minimum atomic E-state index is -0.526. The van der Waals surface area contributed by atoms with Crippen LogP contribution >= 0.6 is 11.6 Å². The fraction of sp³-hybridized carbons (Fsp3) is 0.350. The molecule has 7 heteroatoms. The van der Waals surface area contributed by atoms with Gasteiger partial charge in [0.2, 0.25) is 0 Å². The van der Waals surface area contributed by atoms with Gasteiger partial charge in [0.1, 0.15) is 0 Å². The first-order valence-electron chi connectivity index (χ1n) is 9.02. The molecule has 1 aliphatic heterocycles. The van der Waals surface area contributed by atoms with Gasteiger partial charge in [-0.05, 0) is 42.3 Å². The molecule has 1 aliphatic rings. The molecule has 27 heavy (non-hydrogen) atoms. The molecule has 0 aliphatic carbocycles. The quantitative estimate of drug-likeness (QED) is 0.703. The van der Waals surface area contributed by atoms with E-state index in [0.717, 1.165) is 38.4 Å². The summed E-state index contributed by atoms with van der Waals surface area (Å²) in [5.74, 6) is 0. The predicted molar refractivity (Wildman–Crippen MR) is 107 cm³/mol. The molecule has 1 saturated heterocycles. The van der Waals surface area contributed by atoms with Gasteiger partial charge in [-0.3, -0.25) is 4.90 Å². The molecule has 1 fully saturated rings. The smallest absolute Gasteiger partial charge is 0.323 e. The van der Waals surface area contributed by atoms with E-state index in [-0.39, 0.29) is 6.03 Å². The normalized spacial score (nSPS) is 15.9. The van der Waals surface area contributed by atoms with Gasteiger partial charge in [-0.2, -0.15) is 0 Å². The van der Waals surface area contributed by atoms with Crippen LogP contribution in [-0.2, 0) is 4.74 Å². The highest BCUT2D eigenvalue weighted by Crippen LogP contribution is 2.20. The third-order valence-corrected chi connectivity index (χ3v) is 4.69. The maximum absolute atomic E-state index is 12.1. The maximum atomic E-state index is 12.1. The molecule has 0 bridgehead atoms. The number of nitrogens with one attached hydrogen (secondary N) is 2.